The summed E-state index contributed by atoms with van der Waals surface area (Å²) >= 11 is 0. The Morgan fingerprint density at radius 3 is 2.29 bits per heavy atom. The van der Waals surface area contributed by atoms with Crippen LogP contribution < -0.4 is 10.6 Å². The quantitative estimate of drug-likeness (QED) is 0.368. The molecule has 152 valence electrons. The van der Waals surface area contributed by atoms with Crippen LogP contribution in [0.15, 0.2) is 53.5 Å². The number of morpholine rings is 1. The van der Waals surface area contributed by atoms with Crippen LogP contribution in [-0.4, -0.2) is 44.2 Å². The van der Waals surface area contributed by atoms with E-state index in [1.54, 1.807) is 7.05 Å². The fourth-order valence-electron chi connectivity index (χ4n) is 3.17. The largest absolute Gasteiger partial charge is 0.379 e. The molecule has 2 aromatic carbocycles. The first-order valence-electron chi connectivity index (χ1n) is 9.61. The minimum Gasteiger partial charge on any atom is -0.379 e. The average molecular weight is 494 g/mol. The number of aliphatic imine (C=N–C) groups is 1. The Balaban J connectivity index is 0.00000280. The minimum absolute atomic E-state index is 0. The number of aryl methyl sites for hydroxylation is 1. The lowest BCUT2D eigenvalue weighted by Crippen LogP contribution is -2.36. The third-order valence-electron chi connectivity index (χ3n) is 4.92. The van der Waals surface area contributed by atoms with Crippen molar-refractivity contribution in [3.05, 3.63) is 70.8 Å². The molecule has 1 saturated heterocycles. The van der Waals surface area contributed by atoms with Gasteiger partial charge in [-0.15, -0.1) is 24.0 Å². The number of nitrogens with zero attached hydrogens (tertiary/aromatic N) is 2. The van der Waals surface area contributed by atoms with Crippen molar-refractivity contribution in [3.63, 3.8) is 0 Å². The van der Waals surface area contributed by atoms with E-state index in [2.05, 4.69) is 76.0 Å². The first-order chi connectivity index (χ1) is 13.2. The SMILES string of the molecule is CN=C(NCc1ccc(CN2CCOCC2)cc1)NCc1ccccc1C.I. The van der Waals surface area contributed by atoms with Crippen LogP contribution >= 0.6 is 24.0 Å². The third-order valence-corrected chi connectivity index (χ3v) is 4.92. The zero-order valence-electron chi connectivity index (χ0n) is 16.8. The van der Waals surface area contributed by atoms with Gasteiger partial charge in [0.15, 0.2) is 5.96 Å². The van der Waals surface area contributed by atoms with Crippen molar-refractivity contribution in [3.8, 4) is 0 Å². The summed E-state index contributed by atoms with van der Waals surface area (Å²) in [5, 5.41) is 6.77. The highest BCUT2D eigenvalue weighted by Gasteiger charge is 2.10. The molecular formula is C22H31IN4O. The molecule has 0 atom stereocenters. The second-order valence-corrected chi connectivity index (χ2v) is 6.91. The van der Waals surface area contributed by atoms with Gasteiger partial charge in [0, 0.05) is 39.8 Å². The highest BCUT2D eigenvalue weighted by molar-refractivity contribution is 14.0. The standard InChI is InChI=1S/C22H30N4O.HI/c1-18-5-3-4-6-21(18)16-25-22(23-2)24-15-19-7-9-20(10-8-19)17-26-11-13-27-14-12-26;/h3-10H,11-17H2,1-2H3,(H2,23,24,25);1H. The van der Waals surface area contributed by atoms with E-state index in [9.17, 15) is 0 Å². The molecule has 1 fully saturated rings. The summed E-state index contributed by atoms with van der Waals surface area (Å²) in [5.41, 5.74) is 5.17. The molecular weight excluding hydrogens is 463 g/mol. The van der Waals surface area contributed by atoms with Crippen molar-refractivity contribution in [2.75, 3.05) is 33.4 Å². The Morgan fingerprint density at radius 1 is 0.964 bits per heavy atom. The number of ether oxygens (including phenoxy) is 1. The lowest BCUT2D eigenvalue weighted by molar-refractivity contribution is 0.0342. The molecule has 3 rings (SSSR count). The smallest absolute Gasteiger partial charge is 0.191 e. The Labute approximate surface area is 185 Å². The first-order valence-corrected chi connectivity index (χ1v) is 9.61. The Hall–Kier alpha value is -1.64. The number of benzene rings is 2. The molecule has 0 bridgehead atoms. The summed E-state index contributed by atoms with van der Waals surface area (Å²) < 4.78 is 5.41. The molecule has 0 amide bonds. The van der Waals surface area contributed by atoms with Gasteiger partial charge in [-0.1, -0.05) is 48.5 Å². The van der Waals surface area contributed by atoms with Crippen LogP contribution in [0.5, 0.6) is 0 Å². The van der Waals surface area contributed by atoms with E-state index in [1.807, 2.05) is 0 Å². The van der Waals surface area contributed by atoms with E-state index in [0.717, 1.165) is 51.9 Å². The van der Waals surface area contributed by atoms with E-state index in [0.29, 0.717) is 0 Å². The topological polar surface area (TPSA) is 48.9 Å². The Bertz CT molecular complexity index is 742. The van der Waals surface area contributed by atoms with E-state index in [1.165, 1.54) is 22.3 Å². The van der Waals surface area contributed by atoms with Crippen LogP contribution in [0.1, 0.15) is 22.3 Å². The van der Waals surface area contributed by atoms with Gasteiger partial charge in [-0.2, -0.15) is 0 Å². The highest BCUT2D eigenvalue weighted by Crippen LogP contribution is 2.09. The predicted octanol–water partition coefficient (Wildman–Crippen LogP) is 3.31. The van der Waals surface area contributed by atoms with E-state index in [-0.39, 0.29) is 24.0 Å². The van der Waals surface area contributed by atoms with Gasteiger partial charge >= 0.3 is 0 Å². The van der Waals surface area contributed by atoms with Crippen LogP contribution in [0.25, 0.3) is 0 Å². The van der Waals surface area contributed by atoms with Crippen molar-refractivity contribution in [1.82, 2.24) is 15.5 Å². The van der Waals surface area contributed by atoms with Gasteiger partial charge in [-0.3, -0.25) is 9.89 Å². The van der Waals surface area contributed by atoms with Crippen molar-refractivity contribution >= 4 is 29.9 Å². The van der Waals surface area contributed by atoms with Gasteiger partial charge in [-0.25, -0.2) is 0 Å². The molecule has 0 aromatic heterocycles. The number of halogens is 1. The highest BCUT2D eigenvalue weighted by atomic mass is 127. The Kier molecular flexibility index (Phi) is 9.73. The van der Waals surface area contributed by atoms with Gasteiger partial charge in [-0.05, 0) is 29.2 Å². The zero-order chi connectivity index (χ0) is 18.9. The monoisotopic (exact) mass is 494 g/mol. The summed E-state index contributed by atoms with van der Waals surface area (Å²) in [7, 11) is 1.80. The van der Waals surface area contributed by atoms with E-state index >= 15 is 0 Å². The number of hydrogen-bond donors (Lipinski definition) is 2. The molecule has 1 heterocycles. The second-order valence-electron chi connectivity index (χ2n) is 6.91. The fraction of sp³-hybridized carbons (Fsp3) is 0.409. The van der Waals surface area contributed by atoms with Gasteiger partial charge in [0.1, 0.15) is 0 Å². The van der Waals surface area contributed by atoms with Crippen molar-refractivity contribution in [2.45, 2.75) is 26.6 Å². The summed E-state index contributed by atoms with van der Waals surface area (Å²) in [6, 6.07) is 17.2. The molecule has 0 aliphatic carbocycles. The molecule has 1 aliphatic heterocycles. The molecule has 2 aromatic rings. The molecule has 1 aliphatic rings. The number of rotatable bonds is 6. The second kappa shape index (κ2) is 12.0. The lowest BCUT2D eigenvalue weighted by Gasteiger charge is -2.26. The normalized spacial score (nSPS) is 15.0. The predicted molar refractivity (Wildman–Crippen MR) is 126 cm³/mol. The number of guanidine groups is 1. The van der Waals surface area contributed by atoms with Gasteiger partial charge < -0.3 is 15.4 Å². The lowest BCUT2D eigenvalue weighted by atomic mass is 10.1. The first kappa shape index (κ1) is 22.6. The summed E-state index contributed by atoms with van der Waals surface area (Å²) in [4.78, 5) is 6.76. The van der Waals surface area contributed by atoms with E-state index in [4.69, 9.17) is 4.74 Å². The molecule has 0 spiro atoms. The minimum atomic E-state index is 0. The molecule has 6 heteroatoms. The van der Waals surface area contributed by atoms with E-state index < -0.39 is 0 Å². The molecule has 28 heavy (non-hydrogen) atoms. The summed E-state index contributed by atoms with van der Waals surface area (Å²) in [6.07, 6.45) is 0. The molecule has 5 nitrogen and oxygen atoms in total. The molecule has 0 unspecified atom stereocenters. The van der Waals surface area contributed by atoms with Crippen LogP contribution in [-0.2, 0) is 24.4 Å². The van der Waals surface area contributed by atoms with Gasteiger partial charge in [0.25, 0.3) is 0 Å². The van der Waals surface area contributed by atoms with Gasteiger partial charge in [0.05, 0.1) is 13.2 Å². The van der Waals surface area contributed by atoms with Crippen molar-refractivity contribution < 1.29 is 4.74 Å². The summed E-state index contributed by atoms with van der Waals surface area (Å²) in [5.74, 6) is 0.815. The molecule has 2 N–H and O–H groups in total. The van der Waals surface area contributed by atoms with Crippen molar-refractivity contribution in [2.24, 2.45) is 4.99 Å². The van der Waals surface area contributed by atoms with Crippen LogP contribution in [0, 0.1) is 6.92 Å². The number of nitrogens with one attached hydrogen (secondary N) is 2. The fourth-order valence-corrected chi connectivity index (χ4v) is 3.17. The molecule has 0 radical (unpaired) electrons. The number of hydrogen-bond acceptors (Lipinski definition) is 3. The van der Waals surface area contributed by atoms with Crippen LogP contribution in [0.2, 0.25) is 0 Å². The molecule has 0 saturated carbocycles. The zero-order valence-corrected chi connectivity index (χ0v) is 19.1. The van der Waals surface area contributed by atoms with Crippen molar-refractivity contribution in [1.29, 1.82) is 0 Å². The van der Waals surface area contributed by atoms with Gasteiger partial charge in [0.2, 0.25) is 0 Å². The van der Waals surface area contributed by atoms with Crippen LogP contribution in [0.4, 0.5) is 0 Å². The third kappa shape index (κ3) is 7.07. The average Bonchev–Trinajstić information content (AvgIpc) is 2.71. The Morgan fingerprint density at radius 2 is 1.61 bits per heavy atom. The maximum absolute atomic E-state index is 5.41. The maximum Gasteiger partial charge on any atom is 0.191 e. The maximum atomic E-state index is 5.41. The van der Waals surface area contributed by atoms with Crippen LogP contribution in [0.3, 0.4) is 0 Å². The summed E-state index contributed by atoms with van der Waals surface area (Å²) in [6.45, 7) is 8.38.